The van der Waals surface area contributed by atoms with E-state index in [0.717, 1.165) is 59.9 Å². The molecule has 2 heterocycles. The second kappa shape index (κ2) is 13.5. The second-order valence-corrected chi connectivity index (χ2v) is 10.0. The molecular weight excluding hydrogens is 516 g/mol. The molecule has 0 aliphatic heterocycles. The molecule has 0 aliphatic carbocycles. The van der Waals surface area contributed by atoms with Gasteiger partial charge in [0, 0.05) is 36.0 Å². The van der Waals surface area contributed by atoms with Crippen molar-refractivity contribution in [3.8, 4) is 5.75 Å². The molecule has 9 heteroatoms. The quantitative estimate of drug-likeness (QED) is 0.136. The first kappa shape index (κ1) is 27.8. The van der Waals surface area contributed by atoms with E-state index in [1.807, 2.05) is 43.3 Å². The van der Waals surface area contributed by atoms with Gasteiger partial charge >= 0.3 is 0 Å². The Morgan fingerprint density at radius 3 is 2.59 bits per heavy atom. The lowest BCUT2D eigenvalue weighted by atomic mass is 10.1. The highest BCUT2D eigenvalue weighted by Crippen LogP contribution is 2.34. The van der Waals surface area contributed by atoms with Gasteiger partial charge in [-0.2, -0.15) is 0 Å². The molecule has 2 N–H and O–H groups in total. The zero-order valence-electron chi connectivity index (χ0n) is 23.2. The van der Waals surface area contributed by atoms with Crippen molar-refractivity contribution in [2.45, 2.75) is 52.0 Å². The van der Waals surface area contributed by atoms with Crippen LogP contribution >= 0.6 is 0 Å². The van der Waals surface area contributed by atoms with Crippen molar-refractivity contribution in [2.24, 2.45) is 0 Å². The highest BCUT2D eigenvalue weighted by molar-refractivity contribution is 6.10. The number of tetrazole rings is 1. The Morgan fingerprint density at radius 2 is 1.83 bits per heavy atom. The molecule has 5 aromatic rings. The van der Waals surface area contributed by atoms with Crippen LogP contribution in [-0.2, 0) is 24.2 Å². The summed E-state index contributed by atoms with van der Waals surface area (Å²) in [5.74, 6) is 1.18. The van der Waals surface area contributed by atoms with Gasteiger partial charge in [-0.05, 0) is 90.6 Å². The van der Waals surface area contributed by atoms with Crippen LogP contribution in [0.25, 0.3) is 10.9 Å². The zero-order valence-corrected chi connectivity index (χ0v) is 23.2. The lowest BCUT2D eigenvalue weighted by molar-refractivity contribution is -0.107. The first-order chi connectivity index (χ1) is 20.1. The highest BCUT2D eigenvalue weighted by atomic mass is 16.5. The third kappa shape index (κ3) is 6.87. The smallest absolute Gasteiger partial charge is 0.255 e. The number of anilines is 1. The van der Waals surface area contributed by atoms with E-state index in [1.165, 1.54) is 5.56 Å². The lowest BCUT2D eigenvalue weighted by Gasteiger charge is -2.10. The van der Waals surface area contributed by atoms with E-state index in [2.05, 4.69) is 54.8 Å². The Kier molecular flexibility index (Phi) is 9.15. The molecule has 0 radical (unpaired) electrons. The van der Waals surface area contributed by atoms with Gasteiger partial charge in [0.25, 0.3) is 5.91 Å². The van der Waals surface area contributed by atoms with Gasteiger partial charge in [-0.1, -0.05) is 36.4 Å². The summed E-state index contributed by atoms with van der Waals surface area (Å²) < 4.78 is 8.10. The number of aryl methyl sites for hydroxylation is 2. The fourth-order valence-corrected chi connectivity index (χ4v) is 5.13. The Hall–Kier alpha value is -4.79. The molecule has 5 rings (SSSR count). The minimum atomic E-state index is -0.203. The monoisotopic (exact) mass is 550 g/mol. The number of ether oxygens (including phenoxy) is 1. The van der Waals surface area contributed by atoms with Crippen LogP contribution in [0.1, 0.15) is 58.7 Å². The number of H-pyrrole nitrogens is 1. The SMILES string of the molecule is Cc1c(Cc2nnn[nH]2)c2c(NC(=O)c3ccc(OCCCCc4ccccc4)cc3)cccc2n1CCCC=O. The Labute approximate surface area is 238 Å². The minimum Gasteiger partial charge on any atom is -0.494 e. The second-order valence-electron chi connectivity index (χ2n) is 10.0. The van der Waals surface area contributed by atoms with Gasteiger partial charge in [-0.15, -0.1) is 5.10 Å². The molecule has 210 valence electrons. The number of hydrogen-bond donors (Lipinski definition) is 2. The Balaban J connectivity index is 1.27. The number of carbonyl (C=O) groups excluding carboxylic acids is 2. The van der Waals surface area contributed by atoms with Gasteiger partial charge in [0.2, 0.25) is 0 Å². The third-order valence-corrected chi connectivity index (χ3v) is 7.25. The normalized spacial score (nSPS) is 11.0. The van der Waals surface area contributed by atoms with E-state index < -0.39 is 0 Å². The van der Waals surface area contributed by atoms with Crippen molar-refractivity contribution in [2.75, 3.05) is 11.9 Å². The summed E-state index contributed by atoms with van der Waals surface area (Å²) in [4.78, 5) is 24.2. The van der Waals surface area contributed by atoms with Crippen LogP contribution in [0.5, 0.6) is 5.75 Å². The van der Waals surface area contributed by atoms with E-state index in [9.17, 15) is 9.59 Å². The number of aromatic nitrogens is 5. The molecule has 0 saturated carbocycles. The first-order valence-corrected chi connectivity index (χ1v) is 14.0. The molecule has 41 heavy (non-hydrogen) atoms. The summed E-state index contributed by atoms with van der Waals surface area (Å²) in [6.45, 7) is 3.37. The van der Waals surface area contributed by atoms with Crippen LogP contribution in [0.15, 0.2) is 72.8 Å². The number of aldehydes is 1. The number of amides is 1. The number of nitrogens with zero attached hydrogens (tertiary/aromatic N) is 4. The van der Waals surface area contributed by atoms with Gasteiger partial charge < -0.3 is 19.4 Å². The summed E-state index contributed by atoms with van der Waals surface area (Å²) in [7, 11) is 0. The molecule has 0 fully saturated rings. The van der Waals surface area contributed by atoms with Crippen molar-refractivity contribution >= 4 is 28.8 Å². The fraction of sp³-hybridized carbons (Fsp3) is 0.281. The lowest BCUT2D eigenvalue weighted by Crippen LogP contribution is -2.12. The number of hydrogen-bond acceptors (Lipinski definition) is 6. The molecule has 0 aliphatic rings. The summed E-state index contributed by atoms with van der Waals surface area (Å²) in [6.07, 6.45) is 5.70. The summed E-state index contributed by atoms with van der Waals surface area (Å²) in [5, 5.41) is 18.4. The average molecular weight is 551 g/mol. The maximum Gasteiger partial charge on any atom is 0.255 e. The molecule has 0 atom stereocenters. The molecular formula is C32H34N6O3. The van der Waals surface area contributed by atoms with Gasteiger partial charge in [0.1, 0.15) is 12.0 Å². The van der Waals surface area contributed by atoms with Crippen molar-refractivity contribution < 1.29 is 14.3 Å². The summed E-state index contributed by atoms with van der Waals surface area (Å²) in [5.41, 5.74) is 5.66. The largest absolute Gasteiger partial charge is 0.494 e. The number of benzene rings is 3. The van der Waals surface area contributed by atoms with Crippen molar-refractivity contribution in [1.29, 1.82) is 0 Å². The topological polar surface area (TPSA) is 115 Å². The number of fused-ring (bicyclic) bond motifs is 1. The Morgan fingerprint density at radius 1 is 1.00 bits per heavy atom. The van der Waals surface area contributed by atoms with E-state index in [-0.39, 0.29) is 5.91 Å². The van der Waals surface area contributed by atoms with E-state index in [0.29, 0.717) is 43.1 Å². The van der Waals surface area contributed by atoms with Crippen LogP contribution in [-0.4, -0.2) is 44.0 Å². The minimum absolute atomic E-state index is 0.203. The average Bonchev–Trinajstić information content (AvgIpc) is 3.61. The number of unbranched alkanes of at least 4 members (excludes halogenated alkanes) is 2. The zero-order chi connectivity index (χ0) is 28.4. The molecule has 0 saturated heterocycles. The third-order valence-electron chi connectivity index (χ3n) is 7.25. The fourth-order valence-electron chi connectivity index (χ4n) is 5.13. The van der Waals surface area contributed by atoms with Gasteiger partial charge in [0.15, 0.2) is 5.82 Å². The Bertz CT molecular complexity index is 1580. The number of rotatable bonds is 14. The molecule has 0 bridgehead atoms. The molecule has 3 aromatic carbocycles. The maximum absolute atomic E-state index is 13.3. The van der Waals surface area contributed by atoms with Crippen molar-refractivity contribution in [3.63, 3.8) is 0 Å². The molecule has 0 unspecified atom stereocenters. The van der Waals surface area contributed by atoms with E-state index in [4.69, 9.17) is 4.74 Å². The van der Waals surface area contributed by atoms with Crippen LogP contribution in [0, 0.1) is 6.92 Å². The number of nitrogens with one attached hydrogen (secondary N) is 2. The number of aromatic amines is 1. The highest BCUT2D eigenvalue weighted by Gasteiger charge is 2.20. The molecule has 2 aromatic heterocycles. The van der Waals surface area contributed by atoms with Gasteiger partial charge in [-0.25, -0.2) is 5.10 Å². The van der Waals surface area contributed by atoms with E-state index in [1.54, 1.807) is 12.1 Å². The van der Waals surface area contributed by atoms with Crippen LogP contribution in [0.3, 0.4) is 0 Å². The van der Waals surface area contributed by atoms with Crippen molar-refractivity contribution in [3.05, 3.63) is 101 Å². The van der Waals surface area contributed by atoms with E-state index >= 15 is 0 Å². The maximum atomic E-state index is 13.3. The standard InChI is InChI=1S/C32H34N6O3/c1-23-27(22-30-34-36-37-35-30)31-28(13-9-14-29(31)38(23)19-6-7-20-39)33-32(40)25-15-17-26(18-16-25)41-21-8-5-12-24-10-3-2-4-11-24/h2-4,9-11,13-18,20H,5-8,12,19,21-22H2,1H3,(H,33,40)(H,34,35,36,37). The summed E-state index contributed by atoms with van der Waals surface area (Å²) >= 11 is 0. The molecule has 0 spiro atoms. The van der Waals surface area contributed by atoms with Crippen LogP contribution in [0.4, 0.5) is 5.69 Å². The van der Waals surface area contributed by atoms with Crippen molar-refractivity contribution in [1.82, 2.24) is 25.2 Å². The predicted octanol–water partition coefficient (Wildman–Crippen LogP) is 5.69. The molecule has 9 nitrogen and oxygen atoms in total. The van der Waals surface area contributed by atoms with Gasteiger partial charge in [-0.3, -0.25) is 4.79 Å². The van der Waals surface area contributed by atoms with Crippen LogP contribution < -0.4 is 10.1 Å². The number of carbonyl (C=O) groups is 2. The first-order valence-electron chi connectivity index (χ1n) is 14.0. The molecule has 1 amide bonds. The predicted molar refractivity (Wildman–Crippen MR) is 158 cm³/mol. The van der Waals surface area contributed by atoms with Crippen LogP contribution in [0.2, 0.25) is 0 Å². The van der Waals surface area contributed by atoms with Gasteiger partial charge in [0.05, 0.1) is 17.8 Å². The summed E-state index contributed by atoms with van der Waals surface area (Å²) in [6, 6.07) is 23.6.